The van der Waals surface area contributed by atoms with Crippen molar-refractivity contribution in [2.45, 2.75) is 51.1 Å². The Labute approximate surface area is 155 Å². The lowest BCUT2D eigenvalue weighted by molar-refractivity contribution is -0.137. The van der Waals surface area contributed by atoms with E-state index in [4.69, 9.17) is 9.47 Å². The van der Waals surface area contributed by atoms with E-state index in [9.17, 15) is 13.2 Å². The highest BCUT2D eigenvalue weighted by Crippen LogP contribution is 2.29. The average Bonchev–Trinajstić information content (AvgIpc) is 3.25. The van der Waals surface area contributed by atoms with Gasteiger partial charge in [-0.25, -0.2) is 8.42 Å². The molecule has 1 heterocycles. The first-order valence-electron chi connectivity index (χ1n) is 9.36. The standard InChI is InChI=1S/C19H27NO5S/c1-2-24-17-7-9-18(10-8-17)25-13-19(21)20(15-5-3-4-6-15)16-11-12-26(22,23)14-16/h7-10,15-16H,2-6,11-14H2,1H3. The monoisotopic (exact) mass is 381 g/mol. The van der Waals surface area contributed by atoms with Gasteiger partial charge in [0.1, 0.15) is 11.5 Å². The van der Waals surface area contributed by atoms with E-state index in [1.807, 2.05) is 24.0 Å². The maximum atomic E-state index is 12.9. The zero-order chi connectivity index (χ0) is 18.6. The van der Waals surface area contributed by atoms with Crippen molar-refractivity contribution in [3.05, 3.63) is 24.3 Å². The minimum absolute atomic E-state index is 0.0684. The molecule has 0 N–H and O–H groups in total. The van der Waals surface area contributed by atoms with Crippen molar-refractivity contribution in [1.82, 2.24) is 4.90 Å². The normalized spacial score (nSPS) is 22.3. The molecule has 0 aromatic heterocycles. The molecular weight excluding hydrogens is 354 g/mol. The molecule has 1 aliphatic carbocycles. The van der Waals surface area contributed by atoms with Gasteiger partial charge in [-0.15, -0.1) is 0 Å². The van der Waals surface area contributed by atoms with Gasteiger partial charge in [0.15, 0.2) is 16.4 Å². The second-order valence-corrected chi connectivity index (χ2v) is 9.22. The topological polar surface area (TPSA) is 72.9 Å². The molecule has 2 fully saturated rings. The molecule has 26 heavy (non-hydrogen) atoms. The fourth-order valence-electron chi connectivity index (χ4n) is 3.90. The van der Waals surface area contributed by atoms with E-state index >= 15 is 0 Å². The van der Waals surface area contributed by atoms with Crippen molar-refractivity contribution >= 4 is 15.7 Å². The molecule has 1 aliphatic heterocycles. The quantitative estimate of drug-likeness (QED) is 0.725. The predicted octanol–water partition coefficient (Wildman–Crippen LogP) is 2.42. The summed E-state index contributed by atoms with van der Waals surface area (Å²) in [5.41, 5.74) is 0. The molecule has 3 rings (SSSR count). The molecule has 1 aromatic carbocycles. The van der Waals surface area contributed by atoms with Crippen molar-refractivity contribution in [3.63, 3.8) is 0 Å². The number of carbonyl (C=O) groups is 1. The second-order valence-electron chi connectivity index (χ2n) is 6.99. The Kier molecular flexibility index (Phi) is 6.06. The first-order valence-corrected chi connectivity index (χ1v) is 11.2. The molecule has 1 atom stereocenters. The van der Waals surface area contributed by atoms with E-state index in [1.165, 1.54) is 0 Å². The van der Waals surface area contributed by atoms with Gasteiger partial charge in [0, 0.05) is 12.1 Å². The van der Waals surface area contributed by atoms with Gasteiger partial charge in [0.2, 0.25) is 0 Å². The van der Waals surface area contributed by atoms with E-state index in [0.717, 1.165) is 31.4 Å². The van der Waals surface area contributed by atoms with E-state index in [-0.39, 0.29) is 36.1 Å². The molecular formula is C19H27NO5S. The van der Waals surface area contributed by atoms with Gasteiger partial charge in [-0.05, 0) is 50.5 Å². The third-order valence-corrected chi connectivity index (χ3v) is 6.86. The van der Waals surface area contributed by atoms with Crippen LogP contribution in [0.5, 0.6) is 11.5 Å². The molecule has 0 bridgehead atoms. The Bertz CT molecular complexity index is 710. The fraction of sp³-hybridized carbons (Fsp3) is 0.632. The SMILES string of the molecule is CCOc1ccc(OCC(=O)N(C2CCCC2)C2CCS(=O)(=O)C2)cc1. The molecule has 144 valence electrons. The maximum absolute atomic E-state index is 12.9. The van der Waals surface area contributed by atoms with Crippen LogP contribution in [0, 0.1) is 0 Å². The number of nitrogens with zero attached hydrogens (tertiary/aromatic N) is 1. The third-order valence-electron chi connectivity index (χ3n) is 5.10. The van der Waals surface area contributed by atoms with Crippen molar-refractivity contribution in [2.24, 2.45) is 0 Å². The molecule has 1 amide bonds. The number of benzene rings is 1. The van der Waals surface area contributed by atoms with Gasteiger partial charge >= 0.3 is 0 Å². The van der Waals surface area contributed by atoms with E-state index in [0.29, 0.717) is 18.8 Å². The van der Waals surface area contributed by atoms with Gasteiger partial charge in [-0.1, -0.05) is 12.8 Å². The summed E-state index contributed by atoms with van der Waals surface area (Å²) in [6.07, 6.45) is 4.62. The van der Waals surface area contributed by atoms with Crippen LogP contribution in [0.15, 0.2) is 24.3 Å². The van der Waals surface area contributed by atoms with Gasteiger partial charge < -0.3 is 14.4 Å². The molecule has 6 nitrogen and oxygen atoms in total. The summed E-state index contributed by atoms with van der Waals surface area (Å²) in [5.74, 6) is 1.50. The Morgan fingerprint density at radius 2 is 1.65 bits per heavy atom. The van der Waals surface area contributed by atoms with Gasteiger partial charge in [-0.3, -0.25) is 4.79 Å². The van der Waals surface area contributed by atoms with E-state index < -0.39 is 9.84 Å². The van der Waals surface area contributed by atoms with Crippen LogP contribution in [0.1, 0.15) is 39.0 Å². The molecule has 1 unspecified atom stereocenters. The van der Waals surface area contributed by atoms with Crippen LogP contribution in [0.25, 0.3) is 0 Å². The summed E-state index contributed by atoms with van der Waals surface area (Å²) in [4.78, 5) is 14.7. The van der Waals surface area contributed by atoms with Crippen LogP contribution in [0.4, 0.5) is 0 Å². The van der Waals surface area contributed by atoms with Gasteiger partial charge in [-0.2, -0.15) is 0 Å². The van der Waals surface area contributed by atoms with Crippen molar-refractivity contribution in [3.8, 4) is 11.5 Å². The largest absolute Gasteiger partial charge is 0.494 e. The lowest BCUT2D eigenvalue weighted by atomic mass is 10.1. The van der Waals surface area contributed by atoms with Gasteiger partial charge in [0.25, 0.3) is 5.91 Å². The first-order chi connectivity index (χ1) is 12.5. The number of ether oxygens (including phenoxy) is 2. The number of sulfone groups is 1. The van der Waals surface area contributed by atoms with Crippen LogP contribution in [0.2, 0.25) is 0 Å². The lowest BCUT2D eigenvalue weighted by Gasteiger charge is -2.34. The minimum atomic E-state index is -3.03. The van der Waals surface area contributed by atoms with Crippen molar-refractivity contribution in [1.29, 1.82) is 0 Å². The zero-order valence-corrected chi connectivity index (χ0v) is 16.0. The Hall–Kier alpha value is -1.76. The summed E-state index contributed by atoms with van der Waals surface area (Å²) in [6, 6.07) is 7.10. The van der Waals surface area contributed by atoms with Crippen LogP contribution < -0.4 is 9.47 Å². The maximum Gasteiger partial charge on any atom is 0.261 e. The van der Waals surface area contributed by atoms with Crippen LogP contribution >= 0.6 is 0 Å². The summed E-state index contributed by atoms with van der Waals surface area (Å²) in [6.45, 7) is 2.45. The number of rotatable bonds is 7. The molecule has 0 spiro atoms. The molecule has 1 saturated carbocycles. The molecule has 7 heteroatoms. The smallest absolute Gasteiger partial charge is 0.261 e. The average molecular weight is 381 g/mol. The van der Waals surface area contributed by atoms with Crippen molar-refractivity contribution in [2.75, 3.05) is 24.7 Å². The van der Waals surface area contributed by atoms with E-state index in [1.54, 1.807) is 12.1 Å². The van der Waals surface area contributed by atoms with Crippen LogP contribution in [-0.2, 0) is 14.6 Å². The molecule has 2 aliphatic rings. The summed E-state index contributed by atoms with van der Waals surface area (Å²) in [7, 11) is -3.03. The van der Waals surface area contributed by atoms with Crippen LogP contribution in [-0.4, -0.2) is 56.0 Å². The Morgan fingerprint density at radius 3 is 2.19 bits per heavy atom. The highest BCUT2D eigenvalue weighted by molar-refractivity contribution is 7.91. The first kappa shape index (κ1) is 19.0. The number of amides is 1. The summed E-state index contributed by atoms with van der Waals surface area (Å²) in [5, 5.41) is 0. The minimum Gasteiger partial charge on any atom is -0.494 e. The molecule has 0 radical (unpaired) electrons. The number of hydrogen-bond donors (Lipinski definition) is 0. The van der Waals surface area contributed by atoms with Crippen molar-refractivity contribution < 1.29 is 22.7 Å². The predicted molar refractivity (Wildman–Crippen MR) is 99.3 cm³/mol. The van der Waals surface area contributed by atoms with E-state index in [2.05, 4.69) is 0 Å². The lowest BCUT2D eigenvalue weighted by Crippen LogP contribution is -2.48. The Balaban J connectivity index is 1.63. The van der Waals surface area contributed by atoms with Gasteiger partial charge in [0.05, 0.1) is 18.1 Å². The van der Waals surface area contributed by atoms with Crippen LogP contribution in [0.3, 0.4) is 0 Å². The zero-order valence-electron chi connectivity index (χ0n) is 15.2. The summed E-state index contributed by atoms with van der Waals surface area (Å²) >= 11 is 0. The number of carbonyl (C=O) groups excluding carboxylic acids is 1. The molecule has 1 saturated heterocycles. The highest BCUT2D eigenvalue weighted by Gasteiger charge is 2.39. The Morgan fingerprint density at radius 1 is 1.04 bits per heavy atom. The molecule has 1 aromatic rings. The number of hydrogen-bond acceptors (Lipinski definition) is 5. The highest BCUT2D eigenvalue weighted by atomic mass is 32.2. The third kappa shape index (κ3) is 4.69. The fourth-order valence-corrected chi connectivity index (χ4v) is 5.61. The summed E-state index contributed by atoms with van der Waals surface area (Å²) < 4.78 is 34.8. The second kappa shape index (κ2) is 8.29.